The Morgan fingerprint density at radius 1 is 1.41 bits per heavy atom. The van der Waals surface area contributed by atoms with Crippen LogP contribution in [0.3, 0.4) is 0 Å². The lowest BCUT2D eigenvalue weighted by Gasteiger charge is -2.36. The van der Waals surface area contributed by atoms with Gasteiger partial charge in [-0.2, -0.15) is 0 Å². The van der Waals surface area contributed by atoms with Crippen molar-refractivity contribution in [1.82, 2.24) is 10.2 Å². The van der Waals surface area contributed by atoms with Gasteiger partial charge in [-0.15, -0.1) is 0 Å². The first-order valence-corrected chi connectivity index (χ1v) is 7.27. The second-order valence-electron chi connectivity index (χ2n) is 5.58. The van der Waals surface area contributed by atoms with E-state index in [2.05, 4.69) is 24.1 Å². The number of aliphatic hydroxyl groups is 1. The summed E-state index contributed by atoms with van der Waals surface area (Å²) in [6.07, 6.45) is 4.63. The maximum Gasteiger partial charge on any atom is 0.0524 e. The van der Waals surface area contributed by atoms with Gasteiger partial charge in [-0.1, -0.05) is 6.92 Å². The molecule has 0 aliphatic carbocycles. The third-order valence-electron chi connectivity index (χ3n) is 3.82. The first kappa shape index (κ1) is 14.9. The Labute approximate surface area is 107 Å². The van der Waals surface area contributed by atoms with Gasteiger partial charge in [-0.05, 0) is 65.1 Å². The van der Waals surface area contributed by atoms with E-state index in [4.69, 9.17) is 0 Å². The average Bonchev–Trinajstić information content (AvgIpc) is 2.29. The van der Waals surface area contributed by atoms with E-state index in [0.717, 1.165) is 18.9 Å². The van der Waals surface area contributed by atoms with E-state index in [1.54, 1.807) is 0 Å². The second-order valence-corrected chi connectivity index (χ2v) is 5.58. The minimum Gasteiger partial charge on any atom is -0.393 e. The van der Waals surface area contributed by atoms with Crippen molar-refractivity contribution in [3.63, 3.8) is 0 Å². The second kappa shape index (κ2) is 8.06. The molecule has 17 heavy (non-hydrogen) atoms. The first-order chi connectivity index (χ1) is 8.13. The summed E-state index contributed by atoms with van der Waals surface area (Å²) in [5, 5.41) is 12.8. The lowest BCUT2D eigenvalue weighted by molar-refractivity contribution is 0.145. The predicted octanol–water partition coefficient (Wildman–Crippen LogP) is 1.86. The van der Waals surface area contributed by atoms with E-state index in [1.165, 1.54) is 38.9 Å². The summed E-state index contributed by atoms with van der Waals surface area (Å²) in [4.78, 5) is 2.60. The van der Waals surface area contributed by atoms with Gasteiger partial charge in [-0.3, -0.25) is 0 Å². The van der Waals surface area contributed by atoms with Crippen LogP contribution in [0.2, 0.25) is 0 Å². The van der Waals surface area contributed by atoms with Gasteiger partial charge in [0, 0.05) is 12.6 Å². The fraction of sp³-hybridized carbons (Fsp3) is 1.00. The van der Waals surface area contributed by atoms with Crippen LogP contribution in [0.25, 0.3) is 0 Å². The predicted molar refractivity (Wildman–Crippen MR) is 73.2 cm³/mol. The van der Waals surface area contributed by atoms with Crippen molar-refractivity contribution in [2.45, 2.75) is 58.6 Å². The molecule has 3 atom stereocenters. The number of likely N-dealkylation sites (tertiary alicyclic amines) is 1. The largest absolute Gasteiger partial charge is 0.393 e. The molecule has 1 aliphatic heterocycles. The standard InChI is InChI=1S/C14H30N2O/c1-4-9-16-10-5-6-14(11-16)13(3)15-8-7-12(2)17/h12-15,17H,4-11H2,1-3H3. The third kappa shape index (κ3) is 5.84. The van der Waals surface area contributed by atoms with Crippen molar-refractivity contribution < 1.29 is 5.11 Å². The van der Waals surface area contributed by atoms with E-state index in [0.29, 0.717) is 6.04 Å². The fourth-order valence-corrected chi connectivity index (χ4v) is 2.71. The van der Waals surface area contributed by atoms with Gasteiger partial charge in [0.15, 0.2) is 0 Å². The van der Waals surface area contributed by atoms with Gasteiger partial charge in [-0.25, -0.2) is 0 Å². The van der Waals surface area contributed by atoms with Crippen LogP contribution in [0.15, 0.2) is 0 Å². The lowest BCUT2D eigenvalue weighted by Crippen LogP contribution is -2.45. The van der Waals surface area contributed by atoms with Gasteiger partial charge < -0.3 is 15.3 Å². The number of piperidine rings is 1. The number of aliphatic hydroxyl groups excluding tert-OH is 1. The van der Waals surface area contributed by atoms with E-state index < -0.39 is 0 Å². The average molecular weight is 242 g/mol. The SMILES string of the molecule is CCCN1CCCC(C(C)NCCC(C)O)C1. The molecule has 0 bridgehead atoms. The highest BCUT2D eigenvalue weighted by atomic mass is 16.3. The Hall–Kier alpha value is -0.120. The Kier molecular flexibility index (Phi) is 7.09. The molecule has 0 aromatic rings. The summed E-state index contributed by atoms with van der Waals surface area (Å²) < 4.78 is 0. The highest BCUT2D eigenvalue weighted by Crippen LogP contribution is 2.19. The zero-order valence-electron chi connectivity index (χ0n) is 11.8. The van der Waals surface area contributed by atoms with Gasteiger partial charge >= 0.3 is 0 Å². The molecule has 1 heterocycles. The number of hydrogen-bond donors (Lipinski definition) is 2. The Morgan fingerprint density at radius 3 is 2.82 bits per heavy atom. The van der Waals surface area contributed by atoms with E-state index in [-0.39, 0.29) is 6.10 Å². The molecule has 0 spiro atoms. The summed E-state index contributed by atoms with van der Waals surface area (Å²) in [5.74, 6) is 0.782. The van der Waals surface area contributed by atoms with E-state index in [9.17, 15) is 5.11 Å². The van der Waals surface area contributed by atoms with Crippen LogP contribution in [-0.4, -0.2) is 48.3 Å². The number of nitrogens with one attached hydrogen (secondary N) is 1. The Balaban J connectivity index is 2.23. The molecule has 3 nitrogen and oxygen atoms in total. The maximum absolute atomic E-state index is 9.24. The minimum absolute atomic E-state index is 0.183. The molecule has 1 saturated heterocycles. The smallest absolute Gasteiger partial charge is 0.0524 e. The van der Waals surface area contributed by atoms with Crippen LogP contribution in [0.4, 0.5) is 0 Å². The van der Waals surface area contributed by atoms with Crippen molar-refractivity contribution in [3.05, 3.63) is 0 Å². The van der Waals surface area contributed by atoms with Gasteiger partial charge in [0.25, 0.3) is 0 Å². The molecule has 0 saturated carbocycles. The van der Waals surface area contributed by atoms with Crippen LogP contribution >= 0.6 is 0 Å². The first-order valence-electron chi connectivity index (χ1n) is 7.27. The molecular weight excluding hydrogens is 212 g/mol. The highest BCUT2D eigenvalue weighted by Gasteiger charge is 2.23. The molecular formula is C14H30N2O. The molecule has 0 aromatic heterocycles. The Bertz CT molecular complexity index is 195. The van der Waals surface area contributed by atoms with E-state index >= 15 is 0 Å². The van der Waals surface area contributed by atoms with Crippen molar-refractivity contribution in [3.8, 4) is 0 Å². The number of rotatable bonds is 7. The van der Waals surface area contributed by atoms with Crippen LogP contribution in [0.5, 0.6) is 0 Å². The molecule has 1 aliphatic rings. The molecule has 102 valence electrons. The molecule has 0 amide bonds. The number of nitrogens with zero attached hydrogens (tertiary/aromatic N) is 1. The van der Waals surface area contributed by atoms with Gasteiger partial charge in [0.2, 0.25) is 0 Å². The molecule has 0 radical (unpaired) electrons. The van der Waals surface area contributed by atoms with E-state index in [1.807, 2.05) is 6.92 Å². The third-order valence-corrected chi connectivity index (χ3v) is 3.82. The summed E-state index contributed by atoms with van der Waals surface area (Å²) in [5.41, 5.74) is 0. The van der Waals surface area contributed by atoms with Crippen molar-refractivity contribution in [1.29, 1.82) is 0 Å². The van der Waals surface area contributed by atoms with Crippen LogP contribution in [0, 0.1) is 5.92 Å². The van der Waals surface area contributed by atoms with Crippen molar-refractivity contribution in [2.75, 3.05) is 26.2 Å². The lowest BCUT2D eigenvalue weighted by atomic mass is 9.91. The summed E-state index contributed by atoms with van der Waals surface area (Å²) >= 11 is 0. The zero-order valence-corrected chi connectivity index (χ0v) is 11.8. The van der Waals surface area contributed by atoms with Gasteiger partial charge in [0.05, 0.1) is 6.10 Å². The summed E-state index contributed by atoms with van der Waals surface area (Å²) in [6.45, 7) is 11.1. The number of hydrogen-bond acceptors (Lipinski definition) is 3. The topological polar surface area (TPSA) is 35.5 Å². The molecule has 2 N–H and O–H groups in total. The fourth-order valence-electron chi connectivity index (χ4n) is 2.71. The normalized spacial score (nSPS) is 25.8. The summed E-state index contributed by atoms with van der Waals surface area (Å²) in [7, 11) is 0. The van der Waals surface area contributed by atoms with Crippen LogP contribution in [-0.2, 0) is 0 Å². The summed E-state index contributed by atoms with van der Waals surface area (Å²) in [6, 6.07) is 0.577. The Morgan fingerprint density at radius 2 is 2.18 bits per heavy atom. The highest BCUT2D eigenvalue weighted by molar-refractivity contribution is 4.80. The molecule has 1 rings (SSSR count). The van der Waals surface area contributed by atoms with Crippen molar-refractivity contribution in [2.24, 2.45) is 5.92 Å². The molecule has 3 heteroatoms. The zero-order chi connectivity index (χ0) is 12.7. The van der Waals surface area contributed by atoms with Crippen LogP contribution < -0.4 is 5.32 Å². The monoisotopic (exact) mass is 242 g/mol. The molecule has 1 fully saturated rings. The van der Waals surface area contributed by atoms with Crippen LogP contribution in [0.1, 0.15) is 46.5 Å². The van der Waals surface area contributed by atoms with Crippen molar-refractivity contribution >= 4 is 0 Å². The maximum atomic E-state index is 9.24. The molecule has 3 unspecified atom stereocenters. The molecule has 0 aromatic carbocycles. The van der Waals surface area contributed by atoms with Gasteiger partial charge in [0.1, 0.15) is 0 Å². The quantitative estimate of drug-likeness (QED) is 0.715. The minimum atomic E-state index is -0.183.